The molecule has 2 aliphatic heterocycles. The fraction of sp³-hybridized carbons (Fsp3) is 0.467. The van der Waals surface area contributed by atoms with Crippen LogP contribution in [0.5, 0.6) is 0 Å². The molecule has 2 aliphatic rings. The second-order valence-corrected chi connectivity index (χ2v) is 8.53. The first kappa shape index (κ1) is 15.3. The number of hydrogen-bond donors (Lipinski definition) is 1. The summed E-state index contributed by atoms with van der Waals surface area (Å²) in [6.07, 6.45) is 3.17. The minimum Gasteiger partial charge on any atom is -0.378 e. The van der Waals surface area contributed by atoms with E-state index >= 15 is 0 Å². The molecule has 2 bridgehead atoms. The van der Waals surface area contributed by atoms with Gasteiger partial charge >= 0.3 is 0 Å². The van der Waals surface area contributed by atoms with Crippen molar-refractivity contribution in [2.24, 2.45) is 0 Å². The van der Waals surface area contributed by atoms with E-state index in [0.717, 1.165) is 16.6 Å². The molecule has 6 nitrogen and oxygen atoms in total. The lowest BCUT2D eigenvalue weighted by Crippen LogP contribution is -2.66. The number of halogens is 1. The zero-order chi connectivity index (χ0) is 16.2. The lowest BCUT2D eigenvalue weighted by Gasteiger charge is -2.49. The molecular formula is C15H18ClN3O3S. The number of nitrogens with zero attached hydrogens (tertiary/aromatic N) is 2. The lowest BCUT2D eigenvalue weighted by atomic mass is 10.1. The number of aromatic amines is 1. The van der Waals surface area contributed by atoms with Crippen LogP contribution in [-0.2, 0) is 14.8 Å². The quantitative estimate of drug-likeness (QED) is 0.890. The summed E-state index contributed by atoms with van der Waals surface area (Å²) >= 11 is 6.24. The molecule has 2 atom stereocenters. The normalized spacial score (nSPS) is 25.9. The fourth-order valence-electron chi connectivity index (χ4n) is 3.75. The zero-order valence-electron chi connectivity index (χ0n) is 12.7. The molecule has 4 rings (SSSR count). The van der Waals surface area contributed by atoms with Gasteiger partial charge in [0.1, 0.15) is 0 Å². The molecule has 2 aromatic rings. The predicted molar refractivity (Wildman–Crippen MR) is 90.6 cm³/mol. The van der Waals surface area contributed by atoms with Crippen molar-refractivity contribution in [3.63, 3.8) is 0 Å². The highest BCUT2D eigenvalue weighted by atomic mass is 35.5. The van der Waals surface area contributed by atoms with Gasteiger partial charge in [0.2, 0.25) is 10.0 Å². The Balaban J connectivity index is 1.73. The first-order chi connectivity index (χ1) is 10.9. The van der Waals surface area contributed by atoms with Gasteiger partial charge in [0.05, 0.1) is 31.6 Å². The van der Waals surface area contributed by atoms with Crippen molar-refractivity contribution in [1.29, 1.82) is 0 Å². The van der Waals surface area contributed by atoms with Gasteiger partial charge in [-0.2, -0.15) is 4.31 Å². The Morgan fingerprint density at radius 3 is 2.61 bits per heavy atom. The van der Waals surface area contributed by atoms with Crippen LogP contribution in [0, 0.1) is 0 Å². The molecule has 3 heterocycles. The number of rotatable bonds is 2. The summed E-state index contributed by atoms with van der Waals surface area (Å²) in [7, 11) is -3.24. The van der Waals surface area contributed by atoms with Gasteiger partial charge in [0.25, 0.3) is 0 Å². The van der Waals surface area contributed by atoms with E-state index in [-0.39, 0.29) is 12.1 Å². The summed E-state index contributed by atoms with van der Waals surface area (Å²) in [6, 6.07) is 5.55. The molecule has 1 aromatic heterocycles. The molecule has 2 unspecified atom stereocenters. The summed E-state index contributed by atoms with van der Waals surface area (Å²) in [5.74, 6) is 0. The number of H-pyrrole nitrogens is 1. The van der Waals surface area contributed by atoms with E-state index in [9.17, 15) is 8.42 Å². The van der Waals surface area contributed by atoms with Crippen LogP contribution in [0.3, 0.4) is 0 Å². The highest BCUT2D eigenvalue weighted by molar-refractivity contribution is 7.88. The molecule has 23 heavy (non-hydrogen) atoms. The van der Waals surface area contributed by atoms with E-state index in [1.165, 1.54) is 6.26 Å². The lowest BCUT2D eigenvalue weighted by molar-refractivity contribution is -0.0140. The van der Waals surface area contributed by atoms with Crippen LogP contribution in [-0.4, -0.2) is 62.3 Å². The van der Waals surface area contributed by atoms with Crippen molar-refractivity contribution in [1.82, 2.24) is 9.29 Å². The summed E-state index contributed by atoms with van der Waals surface area (Å²) in [5.41, 5.74) is 2.03. The number of aromatic nitrogens is 1. The third-order valence-corrected chi connectivity index (χ3v) is 6.12. The minimum absolute atomic E-state index is 0.162. The third-order valence-electron chi connectivity index (χ3n) is 4.54. The van der Waals surface area contributed by atoms with E-state index in [2.05, 4.69) is 9.88 Å². The Bertz CT molecular complexity index is 837. The largest absolute Gasteiger partial charge is 0.378 e. The summed E-state index contributed by atoms with van der Waals surface area (Å²) in [5, 5.41) is 1.77. The first-order valence-corrected chi connectivity index (χ1v) is 9.74. The topological polar surface area (TPSA) is 65.6 Å². The minimum atomic E-state index is -3.24. The second-order valence-electron chi connectivity index (χ2n) is 6.21. The van der Waals surface area contributed by atoms with Gasteiger partial charge in [-0.3, -0.25) is 0 Å². The zero-order valence-corrected chi connectivity index (χ0v) is 14.3. The van der Waals surface area contributed by atoms with E-state index < -0.39 is 10.0 Å². The highest BCUT2D eigenvalue weighted by Gasteiger charge is 2.43. The number of benzene rings is 1. The number of sulfonamides is 1. The van der Waals surface area contributed by atoms with Crippen LogP contribution in [0.2, 0.25) is 5.02 Å². The van der Waals surface area contributed by atoms with Crippen molar-refractivity contribution in [3.8, 4) is 0 Å². The van der Waals surface area contributed by atoms with Crippen LogP contribution < -0.4 is 4.90 Å². The summed E-state index contributed by atoms with van der Waals surface area (Å²) < 4.78 is 31.4. The molecule has 0 aliphatic carbocycles. The SMILES string of the molecule is CS(=O)(=O)N1C2COCC1CN(c1cc(Cl)cc3[nH]ccc13)C2. The number of fused-ring (bicyclic) bond motifs is 3. The van der Waals surface area contributed by atoms with Gasteiger partial charge in [-0.25, -0.2) is 8.42 Å². The number of hydrogen-bond acceptors (Lipinski definition) is 4. The number of anilines is 1. The van der Waals surface area contributed by atoms with Gasteiger partial charge in [-0.05, 0) is 18.2 Å². The van der Waals surface area contributed by atoms with Crippen molar-refractivity contribution in [3.05, 3.63) is 29.4 Å². The molecule has 1 aromatic carbocycles. The molecule has 2 saturated heterocycles. The molecule has 124 valence electrons. The maximum Gasteiger partial charge on any atom is 0.211 e. The standard InChI is InChI=1S/C15H18ClN3O3S/c1-23(20,21)19-11-6-18(7-12(19)9-22-8-11)15-5-10(16)4-14-13(15)2-3-17-14/h2-5,11-12,17H,6-9H2,1H3. The summed E-state index contributed by atoms with van der Waals surface area (Å²) in [6.45, 7) is 2.06. The smallest absolute Gasteiger partial charge is 0.211 e. The Kier molecular flexibility index (Phi) is 3.57. The van der Waals surface area contributed by atoms with Crippen molar-refractivity contribution in [2.75, 3.05) is 37.5 Å². The molecule has 0 radical (unpaired) electrons. The molecule has 0 saturated carbocycles. The Hall–Kier alpha value is -1.28. The first-order valence-electron chi connectivity index (χ1n) is 7.51. The number of piperazine rings is 1. The van der Waals surface area contributed by atoms with Crippen LogP contribution in [0.4, 0.5) is 5.69 Å². The second kappa shape index (κ2) is 5.37. The number of morpholine rings is 1. The predicted octanol–water partition coefficient (Wildman–Crippen LogP) is 1.67. The monoisotopic (exact) mass is 355 g/mol. The van der Waals surface area contributed by atoms with E-state index in [1.54, 1.807) is 4.31 Å². The fourth-order valence-corrected chi connectivity index (χ4v) is 5.30. The highest BCUT2D eigenvalue weighted by Crippen LogP contribution is 2.34. The van der Waals surface area contributed by atoms with Crippen LogP contribution in [0.25, 0.3) is 10.9 Å². The molecule has 0 amide bonds. The van der Waals surface area contributed by atoms with Crippen molar-refractivity contribution in [2.45, 2.75) is 12.1 Å². The molecule has 1 N–H and O–H groups in total. The number of nitrogens with one attached hydrogen (secondary N) is 1. The Morgan fingerprint density at radius 2 is 1.96 bits per heavy atom. The van der Waals surface area contributed by atoms with Crippen LogP contribution in [0.1, 0.15) is 0 Å². The average molecular weight is 356 g/mol. The molecule has 8 heteroatoms. The van der Waals surface area contributed by atoms with Crippen LogP contribution >= 0.6 is 11.6 Å². The average Bonchev–Trinajstić information content (AvgIpc) is 2.92. The molecular weight excluding hydrogens is 338 g/mol. The van der Waals surface area contributed by atoms with Gasteiger partial charge < -0.3 is 14.6 Å². The van der Waals surface area contributed by atoms with Gasteiger partial charge in [0.15, 0.2) is 0 Å². The number of ether oxygens (including phenoxy) is 1. The molecule has 0 spiro atoms. The summed E-state index contributed by atoms with van der Waals surface area (Å²) in [4.78, 5) is 5.40. The van der Waals surface area contributed by atoms with Gasteiger partial charge in [0, 0.05) is 40.9 Å². The van der Waals surface area contributed by atoms with E-state index in [0.29, 0.717) is 31.3 Å². The third kappa shape index (κ3) is 2.61. The van der Waals surface area contributed by atoms with E-state index in [1.807, 2.05) is 24.4 Å². The van der Waals surface area contributed by atoms with Crippen molar-refractivity contribution < 1.29 is 13.2 Å². The van der Waals surface area contributed by atoms with E-state index in [4.69, 9.17) is 16.3 Å². The maximum absolute atomic E-state index is 12.1. The Morgan fingerprint density at radius 1 is 1.26 bits per heavy atom. The maximum atomic E-state index is 12.1. The van der Waals surface area contributed by atoms with Crippen LogP contribution in [0.15, 0.2) is 24.4 Å². The van der Waals surface area contributed by atoms with Gasteiger partial charge in [-0.1, -0.05) is 11.6 Å². The molecule has 2 fully saturated rings. The van der Waals surface area contributed by atoms with Crippen molar-refractivity contribution >= 4 is 38.2 Å². The Labute approximate surface area is 140 Å². The van der Waals surface area contributed by atoms with Gasteiger partial charge in [-0.15, -0.1) is 0 Å².